The summed E-state index contributed by atoms with van der Waals surface area (Å²) in [5, 5.41) is 15.8. The number of thiophene rings is 1. The monoisotopic (exact) mass is 546 g/mol. The average Bonchev–Trinajstić information content (AvgIpc) is 3.05. The highest BCUT2D eigenvalue weighted by atomic mass is 32.2. The van der Waals surface area contributed by atoms with Gasteiger partial charge in [0.15, 0.2) is 0 Å². The maximum atomic E-state index is 12.5. The molecule has 198 valence electrons. The third-order valence-electron chi connectivity index (χ3n) is 5.59. The van der Waals surface area contributed by atoms with Crippen LogP contribution in [0, 0.1) is 6.92 Å². The molecule has 0 bridgehead atoms. The van der Waals surface area contributed by atoms with Crippen LogP contribution in [0.1, 0.15) is 34.4 Å². The zero-order valence-corrected chi connectivity index (χ0v) is 22.6. The molecule has 0 atom stereocenters. The summed E-state index contributed by atoms with van der Waals surface area (Å²) in [5.41, 5.74) is 0.924. The number of nitrogens with zero attached hydrogens (tertiary/aromatic N) is 4. The Bertz CT molecular complexity index is 1240. The van der Waals surface area contributed by atoms with Gasteiger partial charge in [0, 0.05) is 24.5 Å². The summed E-state index contributed by atoms with van der Waals surface area (Å²) in [5.74, 6) is -1.49. The second kappa shape index (κ2) is 13.4. The Labute approximate surface area is 223 Å². The van der Waals surface area contributed by atoms with Crippen LogP contribution in [0.15, 0.2) is 35.2 Å². The summed E-state index contributed by atoms with van der Waals surface area (Å²) in [6, 6.07) is 10.3. The molecule has 0 amide bonds. The van der Waals surface area contributed by atoms with E-state index >= 15 is 0 Å². The summed E-state index contributed by atoms with van der Waals surface area (Å²) in [6.45, 7) is 8.12. The van der Waals surface area contributed by atoms with Gasteiger partial charge in [0.2, 0.25) is 0 Å². The van der Waals surface area contributed by atoms with Crippen LogP contribution in [-0.4, -0.2) is 82.8 Å². The molecule has 1 aliphatic heterocycles. The third-order valence-corrected chi connectivity index (χ3v) is 7.77. The number of esters is 1. The molecule has 0 aliphatic carbocycles. The standard InChI is InChI=1S/C23H28N4O2S2.C2H2O4/c1-4-29-23(28)20-16(2)19-21(27-12-8-11-26(3)13-14-27)24-18(25-22(19)31-20)15-30-17-9-6-5-7-10-17;3-1(4)2(5)6/h5-7,9-10H,4,8,11-15H2,1-3H3;(H,3,4)(H,5,6). The van der Waals surface area contributed by atoms with E-state index in [0.717, 1.165) is 60.0 Å². The zero-order chi connectivity index (χ0) is 26.9. The lowest BCUT2D eigenvalue weighted by atomic mass is 10.2. The Balaban J connectivity index is 0.000000568. The first-order valence-corrected chi connectivity index (χ1v) is 13.6. The van der Waals surface area contributed by atoms with Gasteiger partial charge in [-0.05, 0) is 51.6 Å². The van der Waals surface area contributed by atoms with Crippen molar-refractivity contribution in [3.63, 3.8) is 0 Å². The molecule has 0 unspecified atom stereocenters. The van der Waals surface area contributed by atoms with Crippen molar-refractivity contribution in [2.24, 2.45) is 0 Å². The molecule has 1 saturated heterocycles. The lowest BCUT2D eigenvalue weighted by Crippen LogP contribution is -2.30. The summed E-state index contributed by atoms with van der Waals surface area (Å²) < 4.78 is 5.29. The van der Waals surface area contributed by atoms with Crippen molar-refractivity contribution in [3.05, 3.63) is 46.6 Å². The van der Waals surface area contributed by atoms with E-state index in [1.54, 1.807) is 11.8 Å². The van der Waals surface area contributed by atoms with E-state index in [2.05, 4.69) is 29.0 Å². The van der Waals surface area contributed by atoms with Gasteiger partial charge < -0.3 is 24.7 Å². The minimum Gasteiger partial charge on any atom is -0.473 e. The van der Waals surface area contributed by atoms with Gasteiger partial charge in [0.05, 0.1) is 17.7 Å². The van der Waals surface area contributed by atoms with E-state index in [0.29, 0.717) is 17.2 Å². The maximum absolute atomic E-state index is 12.5. The van der Waals surface area contributed by atoms with E-state index in [1.165, 1.54) is 16.2 Å². The van der Waals surface area contributed by atoms with Gasteiger partial charge in [-0.1, -0.05) is 18.2 Å². The largest absolute Gasteiger partial charge is 0.473 e. The number of likely N-dealkylation sites (N-methyl/N-ethyl adjacent to an activating group) is 1. The summed E-state index contributed by atoms with van der Waals surface area (Å²) in [7, 11) is 2.16. The number of carbonyl (C=O) groups is 3. The van der Waals surface area contributed by atoms with Crippen LogP contribution in [0.3, 0.4) is 0 Å². The number of aromatic nitrogens is 2. The van der Waals surface area contributed by atoms with Gasteiger partial charge in [-0.15, -0.1) is 23.1 Å². The van der Waals surface area contributed by atoms with Gasteiger partial charge in [-0.25, -0.2) is 24.4 Å². The number of carboxylic acids is 2. The Hall–Kier alpha value is -3.22. The van der Waals surface area contributed by atoms with Gasteiger partial charge in [0.1, 0.15) is 21.3 Å². The van der Waals surface area contributed by atoms with E-state index in [-0.39, 0.29) is 5.97 Å². The first-order valence-electron chi connectivity index (χ1n) is 11.8. The van der Waals surface area contributed by atoms with E-state index < -0.39 is 11.9 Å². The lowest BCUT2D eigenvalue weighted by molar-refractivity contribution is -0.159. The van der Waals surface area contributed by atoms with Crippen LogP contribution in [-0.2, 0) is 20.1 Å². The first kappa shape index (κ1) is 28.4. The van der Waals surface area contributed by atoms with Crippen molar-refractivity contribution in [2.75, 3.05) is 44.7 Å². The quantitative estimate of drug-likeness (QED) is 0.266. The van der Waals surface area contributed by atoms with Crippen molar-refractivity contribution in [2.45, 2.75) is 30.9 Å². The highest BCUT2D eigenvalue weighted by Gasteiger charge is 2.25. The fourth-order valence-corrected chi connectivity index (χ4v) is 5.63. The van der Waals surface area contributed by atoms with E-state index in [1.807, 2.05) is 32.0 Å². The lowest BCUT2D eigenvalue weighted by Gasteiger charge is -2.23. The molecule has 3 aromatic rings. The number of thioether (sulfide) groups is 1. The predicted octanol–water partition coefficient (Wildman–Crippen LogP) is 3.77. The smallest absolute Gasteiger partial charge is 0.414 e. The Morgan fingerprint density at radius 1 is 1.05 bits per heavy atom. The maximum Gasteiger partial charge on any atom is 0.414 e. The van der Waals surface area contributed by atoms with Crippen LogP contribution in [0.5, 0.6) is 0 Å². The number of ether oxygens (including phenoxy) is 1. The van der Waals surface area contributed by atoms with Crippen molar-refractivity contribution >= 4 is 57.0 Å². The fourth-order valence-electron chi connectivity index (χ4n) is 3.77. The predicted molar refractivity (Wildman–Crippen MR) is 144 cm³/mol. The number of rotatable bonds is 6. The molecule has 1 aromatic carbocycles. The molecule has 2 aromatic heterocycles. The number of hydrogen-bond acceptors (Lipinski definition) is 10. The summed E-state index contributed by atoms with van der Waals surface area (Å²) in [6.07, 6.45) is 1.09. The molecule has 0 spiro atoms. The van der Waals surface area contributed by atoms with E-state index in [9.17, 15) is 4.79 Å². The first-order chi connectivity index (χ1) is 17.7. The highest BCUT2D eigenvalue weighted by molar-refractivity contribution is 7.98. The molecule has 4 rings (SSSR count). The minimum absolute atomic E-state index is 0.273. The number of anilines is 1. The van der Waals surface area contributed by atoms with Gasteiger partial charge in [-0.3, -0.25) is 0 Å². The molecular weight excluding hydrogens is 516 g/mol. The molecule has 0 saturated carbocycles. The highest BCUT2D eigenvalue weighted by Crippen LogP contribution is 2.37. The molecule has 37 heavy (non-hydrogen) atoms. The second-order valence-electron chi connectivity index (χ2n) is 8.28. The Morgan fingerprint density at radius 2 is 1.76 bits per heavy atom. The number of hydrogen-bond donors (Lipinski definition) is 2. The Kier molecular flexibility index (Phi) is 10.2. The van der Waals surface area contributed by atoms with Crippen LogP contribution in [0.4, 0.5) is 5.82 Å². The number of fused-ring (bicyclic) bond motifs is 1. The average molecular weight is 547 g/mol. The number of benzene rings is 1. The minimum atomic E-state index is -1.82. The molecule has 12 heteroatoms. The fraction of sp³-hybridized carbons (Fsp3) is 0.400. The number of aliphatic carboxylic acids is 2. The van der Waals surface area contributed by atoms with Crippen LogP contribution in [0.2, 0.25) is 0 Å². The molecule has 3 heterocycles. The van der Waals surface area contributed by atoms with Gasteiger partial charge in [-0.2, -0.15) is 0 Å². The molecule has 0 radical (unpaired) electrons. The zero-order valence-electron chi connectivity index (χ0n) is 21.0. The van der Waals surface area contributed by atoms with Crippen molar-refractivity contribution in [1.82, 2.24) is 14.9 Å². The van der Waals surface area contributed by atoms with Gasteiger partial charge in [0.25, 0.3) is 0 Å². The molecule has 1 aliphatic rings. The van der Waals surface area contributed by atoms with E-state index in [4.69, 9.17) is 34.5 Å². The molecule has 10 nitrogen and oxygen atoms in total. The molecule has 2 N–H and O–H groups in total. The topological polar surface area (TPSA) is 133 Å². The van der Waals surface area contributed by atoms with Crippen LogP contribution >= 0.6 is 23.1 Å². The molecular formula is C25H30N4O6S2. The van der Waals surface area contributed by atoms with Gasteiger partial charge >= 0.3 is 17.9 Å². The van der Waals surface area contributed by atoms with Crippen molar-refractivity contribution in [3.8, 4) is 0 Å². The normalized spacial score (nSPS) is 14.0. The summed E-state index contributed by atoms with van der Waals surface area (Å²) in [4.78, 5) is 48.0. The number of carboxylic acid groups (broad SMARTS) is 2. The van der Waals surface area contributed by atoms with Crippen molar-refractivity contribution < 1.29 is 29.3 Å². The SMILES string of the molecule is CCOC(=O)c1sc2nc(CSc3ccccc3)nc(N3CCCN(C)CC3)c2c1C.O=C(O)C(=O)O. The number of aryl methyl sites for hydroxylation is 1. The van der Waals surface area contributed by atoms with Crippen molar-refractivity contribution in [1.29, 1.82) is 0 Å². The third kappa shape index (κ3) is 7.63. The van der Waals surface area contributed by atoms with Crippen LogP contribution < -0.4 is 4.90 Å². The second-order valence-corrected chi connectivity index (χ2v) is 10.3. The number of carbonyl (C=O) groups excluding carboxylic acids is 1. The van der Waals surface area contributed by atoms with Crippen LogP contribution in [0.25, 0.3) is 10.2 Å². The molecule has 1 fully saturated rings. The Morgan fingerprint density at radius 3 is 2.41 bits per heavy atom. The summed E-state index contributed by atoms with van der Waals surface area (Å²) >= 11 is 3.15.